The van der Waals surface area contributed by atoms with Gasteiger partial charge in [-0.15, -0.1) is 11.3 Å². The average Bonchev–Trinajstić information content (AvgIpc) is 2.91. The van der Waals surface area contributed by atoms with E-state index in [1.807, 2.05) is 0 Å². The van der Waals surface area contributed by atoms with Gasteiger partial charge in [0, 0.05) is 17.3 Å². The molecule has 2 rings (SSSR count). The number of halogens is 1. The Balaban J connectivity index is 2.00. The van der Waals surface area contributed by atoms with E-state index in [1.165, 1.54) is 30.7 Å². The third kappa shape index (κ3) is 3.46. The maximum atomic E-state index is 11.7. The Morgan fingerprint density at radius 3 is 2.65 bits per heavy atom. The number of aromatic nitrogens is 1. The van der Waals surface area contributed by atoms with Gasteiger partial charge >= 0.3 is 11.8 Å². The predicted molar refractivity (Wildman–Crippen MR) is 77.4 cm³/mol. The van der Waals surface area contributed by atoms with Crippen LogP contribution < -0.4 is 15.4 Å². The molecule has 104 valence electrons. The molecule has 0 saturated heterocycles. The van der Waals surface area contributed by atoms with Crippen molar-refractivity contribution in [1.29, 1.82) is 0 Å². The molecule has 0 radical (unpaired) electrons. The van der Waals surface area contributed by atoms with Crippen LogP contribution in [-0.4, -0.2) is 23.9 Å². The molecule has 0 unspecified atom stereocenters. The molecular formula is C12H10ClN3O3S. The van der Waals surface area contributed by atoms with Gasteiger partial charge in [-0.25, -0.2) is 4.98 Å². The minimum Gasteiger partial charge on any atom is -0.495 e. The van der Waals surface area contributed by atoms with Gasteiger partial charge in [-0.05, 0) is 18.2 Å². The first-order valence-corrected chi connectivity index (χ1v) is 6.71. The van der Waals surface area contributed by atoms with Crippen LogP contribution in [0, 0.1) is 0 Å². The van der Waals surface area contributed by atoms with E-state index in [4.69, 9.17) is 16.3 Å². The fourth-order valence-corrected chi connectivity index (χ4v) is 2.15. The summed E-state index contributed by atoms with van der Waals surface area (Å²) in [6.45, 7) is 0. The summed E-state index contributed by atoms with van der Waals surface area (Å²) in [5, 5.41) is 7.20. The van der Waals surface area contributed by atoms with Crippen LogP contribution in [0.5, 0.6) is 5.75 Å². The van der Waals surface area contributed by atoms with Gasteiger partial charge in [-0.1, -0.05) is 11.6 Å². The fourth-order valence-electron chi connectivity index (χ4n) is 1.37. The molecule has 0 aliphatic rings. The summed E-state index contributed by atoms with van der Waals surface area (Å²) in [5.41, 5.74) is 0.398. The number of rotatable bonds is 3. The zero-order chi connectivity index (χ0) is 14.5. The van der Waals surface area contributed by atoms with Crippen LogP contribution in [0.25, 0.3) is 0 Å². The van der Waals surface area contributed by atoms with Crippen molar-refractivity contribution in [3.63, 3.8) is 0 Å². The van der Waals surface area contributed by atoms with E-state index in [2.05, 4.69) is 15.6 Å². The van der Waals surface area contributed by atoms with Crippen LogP contribution in [0.1, 0.15) is 0 Å². The second-order valence-electron chi connectivity index (χ2n) is 3.59. The van der Waals surface area contributed by atoms with Crippen molar-refractivity contribution < 1.29 is 14.3 Å². The third-order valence-electron chi connectivity index (χ3n) is 2.27. The quantitative estimate of drug-likeness (QED) is 0.853. The number of methoxy groups -OCH3 is 1. The van der Waals surface area contributed by atoms with Crippen LogP contribution in [0.2, 0.25) is 5.02 Å². The van der Waals surface area contributed by atoms with Crippen molar-refractivity contribution in [1.82, 2.24) is 4.98 Å². The molecule has 0 atom stereocenters. The molecule has 0 aliphatic carbocycles. The van der Waals surface area contributed by atoms with Crippen molar-refractivity contribution in [3.05, 3.63) is 34.8 Å². The minimum absolute atomic E-state index is 0.339. The van der Waals surface area contributed by atoms with E-state index < -0.39 is 11.8 Å². The zero-order valence-corrected chi connectivity index (χ0v) is 11.9. The molecule has 0 bridgehead atoms. The molecular weight excluding hydrogens is 302 g/mol. The largest absolute Gasteiger partial charge is 0.495 e. The number of thiazole rings is 1. The maximum Gasteiger partial charge on any atom is 0.315 e. The van der Waals surface area contributed by atoms with Gasteiger partial charge in [0.05, 0.1) is 12.1 Å². The lowest BCUT2D eigenvalue weighted by atomic mass is 10.3. The molecule has 0 fully saturated rings. The van der Waals surface area contributed by atoms with Crippen LogP contribution in [-0.2, 0) is 9.59 Å². The van der Waals surface area contributed by atoms with Gasteiger partial charge in [0.15, 0.2) is 5.13 Å². The summed E-state index contributed by atoms with van der Waals surface area (Å²) >= 11 is 7.14. The minimum atomic E-state index is -0.804. The molecule has 6 nitrogen and oxygen atoms in total. The number of nitrogens with one attached hydrogen (secondary N) is 2. The molecule has 0 aliphatic heterocycles. The molecule has 8 heteroatoms. The average molecular weight is 312 g/mol. The zero-order valence-electron chi connectivity index (χ0n) is 10.3. The van der Waals surface area contributed by atoms with E-state index in [9.17, 15) is 9.59 Å². The second kappa shape index (κ2) is 6.36. The summed E-state index contributed by atoms with van der Waals surface area (Å²) in [4.78, 5) is 27.1. The normalized spacial score (nSPS) is 9.90. The molecule has 20 heavy (non-hydrogen) atoms. The first-order valence-electron chi connectivity index (χ1n) is 5.45. The number of hydrogen-bond donors (Lipinski definition) is 2. The number of anilines is 2. The number of hydrogen-bond acceptors (Lipinski definition) is 5. The van der Waals surface area contributed by atoms with Gasteiger partial charge in [0.2, 0.25) is 0 Å². The molecule has 2 aromatic rings. The molecule has 1 aromatic carbocycles. The van der Waals surface area contributed by atoms with Crippen molar-refractivity contribution in [3.8, 4) is 5.75 Å². The summed E-state index contributed by atoms with van der Waals surface area (Å²) in [5.74, 6) is -1.12. The second-order valence-corrected chi connectivity index (χ2v) is 4.90. The molecule has 0 saturated carbocycles. The molecule has 2 N–H and O–H groups in total. The lowest BCUT2D eigenvalue weighted by Gasteiger charge is -2.07. The Labute approximate surface area is 123 Å². The van der Waals surface area contributed by atoms with E-state index in [0.29, 0.717) is 21.6 Å². The van der Waals surface area contributed by atoms with Crippen LogP contribution in [0.4, 0.5) is 10.8 Å². The SMILES string of the molecule is COc1ccc(NC(=O)C(=O)Nc2nccs2)cc1Cl. The number of benzene rings is 1. The lowest BCUT2D eigenvalue weighted by molar-refractivity contribution is -0.132. The summed E-state index contributed by atoms with van der Waals surface area (Å²) in [7, 11) is 1.49. The number of carbonyl (C=O) groups is 2. The van der Waals surface area contributed by atoms with Crippen molar-refractivity contribution in [2.45, 2.75) is 0 Å². The lowest BCUT2D eigenvalue weighted by Crippen LogP contribution is -2.28. The third-order valence-corrected chi connectivity index (χ3v) is 3.25. The highest BCUT2D eigenvalue weighted by atomic mass is 35.5. The summed E-state index contributed by atoms with van der Waals surface area (Å²) in [6, 6.07) is 4.67. The first-order chi connectivity index (χ1) is 9.60. The Hall–Kier alpha value is -2.12. The highest BCUT2D eigenvalue weighted by Gasteiger charge is 2.15. The van der Waals surface area contributed by atoms with Gasteiger partial charge in [0.25, 0.3) is 0 Å². The molecule has 2 amide bonds. The van der Waals surface area contributed by atoms with E-state index in [1.54, 1.807) is 17.5 Å². The highest BCUT2D eigenvalue weighted by Crippen LogP contribution is 2.27. The van der Waals surface area contributed by atoms with Crippen LogP contribution in [0.15, 0.2) is 29.8 Å². The monoisotopic (exact) mass is 311 g/mol. The van der Waals surface area contributed by atoms with Crippen molar-refractivity contribution in [2.75, 3.05) is 17.7 Å². The van der Waals surface area contributed by atoms with E-state index in [-0.39, 0.29) is 0 Å². The van der Waals surface area contributed by atoms with Crippen LogP contribution >= 0.6 is 22.9 Å². The fraction of sp³-hybridized carbons (Fsp3) is 0.0833. The van der Waals surface area contributed by atoms with Crippen molar-refractivity contribution in [2.24, 2.45) is 0 Å². The Kier molecular flexibility index (Phi) is 4.54. The van der Waals surface area contributed by atoms with Crippen molar-refractivity contribution >= 4 is 45.6 Å². The molecule has 0 spiro atoms. The predicted octanol–water partition coefficient (Wildman–Crippen LogP) is 2.38. The smallest absolute Gasteiger partial charge is 0.315 e. The Morgan fingerprint density at radius 2 is 2.05 bits per heavy atom. The Morgan fingerprint density at radius 1 is 1.30 bits per heavy atom. The van der Waals surface area contributed by atoms with Gasteiger partial charge in [-0.2, -0.15) is 0 Å². The van der Waals surface area contributed by atoms with Gasteiger partial charge in [0.1, 0.15) is 5.75 Å². The first kappa shape index (κ1) is 14.3. The van der Waals surface area contributed by atoms with Gasteiger partial charge in [-0.3, -0.25) is 14.9 Å². The van der Waals surface area contributed by atoms with E-state index >= 15 is 0 Å². The number of amides is 2. The van der Waals surface area contributed by atoms with Gasteiger partial charge < -0.3 is 10.1 Å². The Bertz CT molecular complexity index is 631. The standard InChI is InChI=1S/C12H10ClN3O3S/c1-19-9-3-2-7(6-8(9)13)15-10(17)11(18)16-12-14-4-5-20-12/h2-6H,1H3,(H,15,17)(H,14,16,18). The molecule has 1 heterocycles. The number of carbonyl (C=O) groups excluding carboxylic acids is 2. The van der Waals surface area contributed by atoms with Crippen LogP contribution in [0.3, 0.4) is 0 Å². The topological polar surface area (TPSA) is 80.3 Å². The highest BCUT2D eigenvalue weighted by molar-refractivity contribution is 7.13. The number of nitrogens with zero attached hydrogens (tertiary/aromatic N) is 1. The van der Waals surface area contributed by atoms with E-state index in [0.717, 1.165) is 0 Å². The number of ether oxygens (including phenoxy) is 1. The summed E-state index contributed by atoms with van der Waals surface area (Å²) in [6.07, 6.45) is 1.53. The molecule has 1 aromatic heterocycles. The maximum absolute atomic E-state index is 11.7. The summed E-state index contributed by atoms with van der Waals surface area (Å²) < 4.78 is 4.99.